The number of benzene rings is 1. The van der Waals surface area contributed by atoms with Gasteiger partial charge >= 0.3 is 6.18 Å². The molecule has 114 valence electrons. The lowest BCUT2D eigenvalue weighted by atomic mass is 10.2. The third-order valence-electron chi connectivity index (χ3n) is 2.73. The summed E-state index contributed by atoms with van der Waals surface area (Å²) in [5, 5.41) is 8.41. The summed E-state index contributed by atoms with van der Waals surface area (Å²) in [7, 11) is 1.56. The third kappa shape index (κ3) is 5.73. The second-order valence-electron chi connectivity index (χ2n) is 4.35. The molecule has 0 N–H and O–H groups in total. The minimum atomic E-state index is -4.42. The van der Waals surface area contributed by atoms with Gasteiger partial charge in [-0.05, 0) is 18.2 Å². The Morgan fingerprint density at radius 1 is 1.43 bits per heavy atom. The monoisotopic (exact) mass is 300 g/mol. The number of nitriles is 1. The van der Waals surface area contributed by atoms with Gasteiger partial charge in [0.15, 0.2) is 0 Å². The van der Waals surface area contributed by atoms with Gasteiger partial charge in [-0.2, -0.15) is 18.4 Å². The molecule has 0 atom stereocenters. The zero-order chi connectivity index (χ0) is 15.9. The molecule has 0 aliphatic carbocycles. The molecular weight excluding hydrogens is 285 g/mol. The van der Waals surface area contributed by atoms with Crippen LogP contribution in [0.5, 0.6) is 5.75 Å². The van der Waals surface area contributed by atoms with Crippen molar-refractivity contribution < 1.29 is 22.7 Å². The average molecular weight is 300 g/mol. The van der Waals surface area contributed by atoms with Gasteiger partial charge in [0.2, 0.25) is 5.91 Å². The maximum atomic E-state index is 12.5. The highest BCUT2D eigenvalue weighted by Crippen LogP contribution is 2.31. The van der Waals surface area contributed by atoms with E-state index in [9.17, 15) is 18.0 Å². The third-order valence-corrected chi connectivity index (χ3v) is 2.73. The summed E-state index contributed by atoms with van der Waals surface area (Å²) < 4.78 is 42.7. The minimum absolute atomic E-state index is 0.0168. The highest BCUT2D eigenvalue weighted by Gasteiger charge is 2.30. The van der Waals surface area contributed by atoms with Crippen LogP contribution in [0.1, 0.15) is 18.4 Å². The van der Waals surface area contributed by atoms with Crippen LogP contribution in [-0.2, 0) is 11.0 Å². The second-order valence-corrected chi connectivity index (χ2v) is 4.35. The summed E-state index contributed by atoms with van der Waals surface area (Å²) in [6, 6.07) is 6.42. The molecule has 0 aliphatic rings. The SMILES string of the molecule is CN(CCC#N)C(=O)CCOc1cccc(C(F)(F)F)c1. The summed E-state index contributed by atoms with van der Waals surface area (Å²) in [4.78, 5) is 13.0. The molecule has 1 amide bonds. The number of alkyl halides is 3. The topological polar surface area (TPSA) is 53.3 Å². The predicted molar refractivity (Wildman–Crippen MR) is 69.4 cm³/mol. The number of nitrogens with zero attached hydrogens (tertiary/aromatic N) is 2. The van der Waals surface area contributed by atoms with Crippen LogP contribution < -0.4 is 4.74 Å². The van der Waals surface area contributed by atoms with E-state index < -0.39 is 11.7 Å². The van der Waals surface area contributed by atoms with E-state index in [4.69, 9.17) is 10.00 Å². The number of rotatable bonds is 6. The van der Waals surface area contributed by atoms with Crippen LogP contribution in [0.2, 0.25) is 0 Å². The zero-order valence-corrected chi connectivity index (χ0v) is 11.5. The van der Waals surface area contributed by atoms with E-state index in [0.29, 0.717) is 6.54 Å². The molecule has 0 aliphatic heterocycles. The van der Waals surface area contributed by atoms with Crippen molar-refractivity contribution >= 4 is 5.91 Å². The Labute approximate surface area is 120 Å². The largest absolute Gasteiger partial charge is 0.493 e. The smallest absolute Gasteiger partial charge is 0.416 e. The normalized spacial score (nSPS) is 10.8. The lowest BCUT2D eigenvalue weighted by Gasteiger charge is -2.15. The molecule has 0 fully saturated rings. The number of ether oxygens (including phenoxy) is 1. The van der Waals surface area contributed by atoms with Gasteiger partial charge in [-0.1, -0.05) is 6.07 Å². The molecule has 0 unspecified atom stereocenters. The maximum absolute atomic E-state index is 12.5. The van der Waals surface area contributed by atoms with E-state index in [1.165, 1.54) is 17.0 Å². The lowest BCUT2D eigenvalue weighted by Crippen LogP contribution is -2.28. The average Bonchev–Trinajstić information content (AvgIpc) is 2.44. The van der Waals surface area contributed by atoms with Crippen molar-refractivity contribution in [3.8, 4) is 11.8 Å². The summed E-state index contributed by atoms with van der Waals surface area (Å²) in [5.41, 5.74) is -0.794. The fourth-order valence-electron chi connectivity index (χ4n) is 1.55. The molecule has 0 saturated carbocycles. The number of hydrogen-bond acceptors (Lipinski definition) is 3. The number of halogens is 3. The summed E-state index contributed by atoms with van der Waals surface area (Å²) in [5.74, 6) is -0.158. The fourth-order valence-corrected chi connectivity index (χ4v) is 1.55. The Kier molecular flexibility index (Phi) is 6.03. The van der Waals surface area contributed by atoms with Gasteiger partial charge in [-0.3, -0.25) is 4.79 Å². The van der Waals surface area contributed by atoms with E-state index in [1.54, 1.807) is 7.05 Å². The molecule has 1 rings (SSSR count). The fraction of sp³-hybridized carbons (Fsp3) is 0.429. The molecule has 7 heteroatoms. The van der Waals surface area contributed by atoms with Gasteiger partial charge < -0.3 is 9.64 Å². The molecular formula is C14H15F3N2O2. The van der Waals surface area contributed by atoms with Crippen molar-refractivity contribution in [1.82, 2.24) is 4.90 Å². The van der Waals surface area contributed by atoms with Gasteiger partial charge in [0.25, 0.3) is 0 Å². The van der Waals surface area contributed by atoms with Crippen molar-refractivity contribution in [1.29, 1.82) is 5.26 Å². The molecule has 4 nitrogen and oxygen atoms in total. The molecule has 1 aromatic carbocycles. The Morgan fingerprint density at radius 2 is 2.14 bits per heavy atom. The first-order chi connectivity index (χ1) is 9.84. The summed E-state index contributed by atoms with van der Waals surface area (Å²) >= 11 is 0. The molecule has 0 saturated heterocycles. The van der Waals surface area contributed by atoms with Gasteiger partial charge in [0.05, 0.1) is 31.1 Å². The molecule has 0 heterocycles. The first kappa shape index (κ1) is 16.8. The zero-order valence-electron chi connectivity index (χ0n) is 11.5. The highest BCUT2D eigenvalue weighted by atomic mass is 19.4. The van der Waals surface area contributed by atoms with Gasteiger partial charge in [0, 0.05) is 13.6 Å². The van der Waals surface area contributed by atoms with Crippen LogP contribution in [0.25, 0.3) is 0 Å². The Hall–Kier alpha value is -2.23. The molecule has 21 heavy (non-hydrogen) atoms. The van der Waals surface area contributed by atoms with Crippen LogP contribution in [0, 0.1) is 11.3 Å². The first-order valence-corrected chi connectivity index (χ1v) is 6.25. The van der Waals surface area contributed by atoms with E-state index in [0.717, 1.165) is 12.1 Å². The Morgan fingerprint density at radius 3 is 2.76 bits per heavy atom. The van der Waals surface area contributed by atoms with Crippen molar-refractivity contribution in [2.24, 2.45) is 0 Å². The molecule has 0 radical (unpaired) electrons. The van der Waals surface area contributed by atoms with Crippen molar-refractivity contribution in [3.05, 3.63) is 29.8 Å². The summed E-state index contributed by atoms with van der Waals surface area (Å²) in [6.07, 6.45) is -4.15. The number of carbonyl (C=O) groups is 1. The Bertz CT molecular complexity index is 524. The molecule has 1 aromatic rings. The van der Waals surface area contributed by atoms with E-state index in [2.05, 4.69) is 0 Å². The van der Waals surface area contributed by atoms with E-state index in [1.807, 2.05) is 6.07 Å². The quantitative estimate of drug-likeness (QED) is 0.811. The predicted octanol–water partition coefficient (Wildman–Crippen LogP) is 2.85. The van der Waals surface area contributed by atoms with Crippen LogP contribution >= 0.6 is 0 Å². The number of hydrogen-bond donors (Lipinski definition) is 0. The van der Waals surface area contributed by atoms with Gasteiger partial charge in [-0.15, -0.1) is 0 Å². The van der Waals surface area contributed by atoms with E-state index >= 15 is 0 Å². The van der Waals surface area contributed by atoms with Crippen molar-refractivity contribution in [3.63, 3.8) is 0 Å². The maximum Gasteiger partial charge on any atom is 0.416 e. The second kappa shape index (κ2) is 7.53. The van der Waals surface area contributed by atoms with Crippen LogP contribution in [0.15, 0.2) is 24.3 Å². The lowest BCUT2D eigenvalue weighted by molar-refractivity contribution is -0.137. The number of carbonyl (C=O) groups excluding carboxylic acids is 1. The highest BCUT2D eigenvalue weighted by molar-refractivity contribution is 5.75. The van der Waals surface area contributed by atoms with Crippen LogP contribution in [0.3, 0.4) is 0 Å². The minimum Gasteiger partial charge on any atom is -0.493 e. The first-order valence-electron chi connectivity index (χ1n) is 6.25. The van der Waals surface area contributed by atoms with Gasteiger partial charge in [0.1, 0.15) is 5.75 Å². The molecule has 0 bridgehead atoms. The van der Waals surface area contributed by atoms with Crippen LogP contribution in [0.4, 0.5) is 13.2 Å². The summed E-state index contributed by atoms with van der Waals surface area (Å²) in [6.45, 7) is 0.302. The van der Waals surface area contributed by atoms with Gasteiger partial charge in [-0.25, -0.2) is 0 Å². The molecule has 0 spiro atoms. The van der Waals surface area contributed by atoms with Crippen molar-refractivity contribution in [2.45, 2.75) is 19.0 Å². The standard InChI is InChI=1S/C14H15F3N2O2/c1-19(8-3-7-18)13(20)6-9-21-12-5-2-4-11(10-12)14(15,16)17/h2,4-5,10H,3,6,8-9H2,1H3. The van der Waals surface area contributed by atoms with Crippen molar-refractivity contribution in [2.75, 3.05) is 20.2 Å². The number of amides is 1. The van der Waals surface area contributed by atoms with E-state index in [-0.39, 0.29) is 31.1 Å². The Balaban J connectivity index is 2.46. The molecule has 0 aromatic heterocycles. The van der Waals surface area contributed by atoms with Crippen LogP contribution in [-0.4, -0.2) is 31.0 Å².